The van der Waals surface area contributed by atoms with Crippen LogP contribution in [0.1, 0.15) is 65.7 Å². The third kappa shape index (κ3) is 2.62. The standard InChI is InChI=1S/C18H30O3/c1-11(9-13-10-12(2)17(20)21-13)14-6-7-15-16(19)5-4-8-18(14,15)3/h11-16,19H,4-10H2,1-3H3/t11-,12+,13-,14-,15?,16?,18+/m1/s1. The van der Waals surface area contributed by atoms with E-state index in [-0.39, 0.29) is 24.1 Å². The third-order valence-electron chi connectivity index (χ3n) is 6.79. The summed E-state index contributed by atoms with van der Waals surface area (Å²) in [5.41, 5.74) is 0.297. The molecule has 3 rings (SSSR count). The molecule has 3 heteroatoms. The number of aliphatic hydroxyl groups is 1. The van der Waals surface area contributed by atoms with E-state index in [0.29, 0.717) is 23.2 Å². The Balaban J connectivity index is 1.65. The van der Waals surface area contributed by atoms with Crippen LogP contribution in [-0.4, -0.2) is 23.3 Å². The minimum Gasteiger partial charge on any atom is -0.462 e. The molecule has 2 aliphatic carbocycles. The first kappa shape index (κ1) is 15.3. The molecule has 3 fully saturated rings. The normalized spacial score (nSPS) is 48.0. The van der Waals surface area contributed by atoms with Crippen LogP contribution in [-0.2, 0) is 9.53 Å². The van der Waals surface area contributed by atoms with Crippen LogP contribution in [0, 0.1) is 29.1 Å². The summed E-state index contributed by atoms with van der Waals surface area (Å²) < 4.78 is 5.51. The number of carbonyl (C=O) groups is 1. The number of fused-ring (bicyclic) bond motifs is 1. The molecule has 0 amide bonds. The average molecular weight is 294 g/mol. The van der Waals surface area contributed by atoms with Gasteiger partial charge in [-0.15, -0.1) is 0 Å². The maximum absolute atomic E-state index is 11.6. The summed E-state index contributed by atoms with van der Waals surface area (Å²) in [5, 5.41) is 10.3. The van der Waals surface area contributed by atoms with E-state index in [1.807, 2.05) is 6.92 Å². The van der Waals surface area contributed by atoms with E-state index in [2.05, 4.69) is 13.8 Å². The minimum atomic E-state index is -0.0923. The Bertz CT molecular complexity index is 407. The van der Waals surface area contributed by atoms with Crippen molar-refractivity contribution >= 4 is 5.97 Å². The molecule has 120 valence electrons. The van der Waals surface area contributed by atoms with Crippen LogP contribution in [0.2, 0.25) is 0 Å². The number of cyclic esters (lactones) is 1. The van der Waals surface area contributed by atoms with Crippen LogP contribution in [0.25, 0.3) is 0 Å². The molecular formula is C18H30O3. The smallest absolute Gasteiger partial charge is 0.309 e. The maximum atomic E-state index is 11.6. The molecule has 3 nitrogen and oxygen atoms in total. The topological polar surface area (TPSA) is 46.5 Å². The van der Waals surface area contributed by atoms with Crippen LogP contribution in [0.15, 0.2) is 0 Å². The minimum absolute atomic E-state index is 0.0178. The fraction of sp³-hybridized carbons (Fsp3) is 0.944. The van der Waals surface area contributed by atoms with Gasteiger partial charge >= 0.3 is 5.97 Å². The van der Waals surface area contributed by atoms with Crippen LogP contribution in [0.5, 0.6) is 0 Å². The lowest BCUT2D eigenvalue weighted by molar-refractivity contribution is -0.144. The lowest BCUT2D eigenvalue weighted by Crippen LogP contribution is -2.41. The summed E-state index contributed by atoms with van der Waals surface area (Å²) in [7, 11) is 0. The summed E-state index contributed by atoms with van der Waals surface area (Å²) in [4.78, 5) is 11.6. The zero-order chi connectivity index (χ0) is 15.2. The van der Waals surface area contributed by atoms with Crippen molar-refractivity contribution in [2.24, 2.45) is 29.1 Å². The first-order valence-corrected chi connectivity index (χ1v) is 8.80. The fourth-order valence-corrected chi connectivity index (χ4v) is 5.67. The van der Waals surface area contributed by atoms with Crippen molar-refractivity contribution in [1.29, 1.82) is 0 Å². The summed E-state index contributed by atoms with van der Waals surface area (Å²) in [6, 6.07) is 0. The van der Waals surface area contributed by atoms with Crippen molar-refractivity contribution in [3.63, 3.8) is 0 Å². The Morgan fingerprint density at radius 2 is 2.14 bits per heavy atom. The molecule has 2 saturated carbocycles. The number of hydrogen-bond acceptors (Lipinski definition) is 3. The number of hydrogen-bond donors (Lipinski definition) is 1. The molecular weight excluding hydrogens is 264 g/mol. The van der Waals surface area contributed by atoms with Gasteiger partial charge in [-0.2, -0.15) is 0 Å². The SMILES string of the molecule is C[C@H](C[C@@H]1C[C@H](C)C(=O)O1)[C@H]1CCC2C(O)CCC[C@]21C. The highest BCUT2D eigenvalue weighted by Crippen LogP contribution is 2.58. The zero-order valence-electron chi connectivity index (χ0n) is 13.7. The van der Waals surface area contributed by atoms with Crippen LogP contribution < -0.4 is 0 Å². The summed E-state index contributed by atoms with van der Waals surface area (Å²) in [6.07, 6.45) is 7.72. The van der Waals surface area contributed by atoms with Gasteiger partial charge in [0.25, 0.3) is 0 Å². The van der Waals surface area contributed by atoms with E-state index >= 15 is 0 Å². The highest BCUT2D eigenvalue weighted by Gasteiger charge is 2.52. The Kier molecular flexibility index (Phi) is 4.06. The molecule has 21 heavy (non-hydrogen) atoms. The van der Waals surface area contributed by atoms with Crippen LogP contribution >= 0.6 is 0 Å². The molecule has 1 heterocycles. The monoisotopic (exact) mass is 294 g/mol. The van der Waals surface area contributed by atoms with E-state index in [9.17, 15) is 9.90 Å². The number of ether oxygens (including phenoxy) is 1. The molecule has 1 saturated heterocycles. The second-order valence-corrected chi connectivity index (χ2v) is 8.16. The molecule has 0 bridgehead atoms. The number of rotatable bonds is 3. The number of esters is 1. The van der Waals surface area contributed by atoms with Crippen molar-refractivity contribution in [2.75, 3.05) is 0 Å². The van der Waals surface area contributed by atoms with Gasteiger partial charge in [-0.05, 0) is 61.7 Å². The average Bonchev–Trinajstić information content (AvgIpc) is 2.91. The molecule has 0 aromatic heterocycles. The lowest BCUT2D eigenvalue weighted by atomic mass is 9.61. The van der Waals surface area contributed by atoms with E-state index in [1.54, 1.807) is 0 Å². The van der Waals surface area contributed by atoms with Gasteiger partial charge in [-0.25, -0.2) is 0 Å². The van der Waals surface area contributed by atoms with E-state index in [4.69, 9.17) is 4.74 Å². The second-order valence-electron chi connectivity index (χ2n) is 8.16. The third-order valence-corrected chi connectivity index (χ3v) is 6.79. The van der Waals surface area contributed by atoms with Crippen LogP contribution in [0.3, 0.4) is 0 Å². The van der Waals surface area contributed by atoms with E-state index in [1.165, 1.54) is 19.3 Å². The predicted molar refractivity (Wildman–Crippen MR) is 81.6 cm³/mol. The molecule has 7 atom stereocenters. The predicted octanol–water partition coefficient (Wildman–Crippen LogP) is 3.54. The quantitative estimate of drug-likeness (QED) is 0.810. The maximum Gasteiger partial charge on any atom is 0.309 e. The number of aliphatic hydroxyl groups excluding tert-OH is 1. The highest BCUT2D eigenvalue weighted by atomic mass is 16.5. The Hall–Kier alpha value is -0.570. The Labute approximate surface area is 128 Å². The lowest BCUT2D eigenvalue weighted by Gasteiger charge is -2.45. The van der Waals surface area contributed by atoms with Gasteiger partial charge in [0.1, 0.15) is 6.10 Å². The van der Waals surface area contributed by atoms with Crippen molar-refractivity contribution in [3.8, 4) is 0 Å². The van der Waals surface area contributed by atoms with Gasteiger partial charge < -0.3 is 9.84 Å². The van der Waals surface area contributed by atoms with Crippen molar-refractivity contribution in [3.05, 3.63) is 0 Å². The first-order valence-electron chi connectivity index (χ1n) is 8.80. The van der Waals surface area contributed by atoms with Crippen molar-refractivity contribution in [2.45, 2.75) is 77.9 Å². The number of carbonyl (C=O) groups excluding carboxylic acids is 1. The van der Waals surface area contributed by atoms with Crippen molar-refractivity contribution in [1.82, 2.24) is 0 Å². The van der Waals surface area contributed by atoms with E-state index in [0.717, 1.165) is 25.7 Å². The highest BCUT2D eigenvalue weighted by molar-refractivity contribution is 5.74. The Morgan fingerprint density at radius 1 is 1.38 bits per heavy atom. The van der Waals surface area contributed by atoms with E-state index < -0.39 is 0 Å². The van der Waals surface area contributed by atoms with Gasteiger partial charge in [0.05, 0.1) is 12.0 Å². The summed E-state index contributed by atoms with van der Waals surface area (Å²) >= 11 is 0. The van der Waals surface area contributed by atoms with Crippen LogP contribution in [0.4, 0.5) is 0 Å². The molecule has 2 unspecified atom stereocenters. The molecule has 0 spiro atoms. The molecule has 0 radical (unpaired) electrons. The largest absolute Gasteiger partial charge is 0.462 e. The van der Waals surface area contributed by atoms with Gasteiger partial charge in [-0.3, -0.25) is 4.79 Å². The molecule has 0 aromatic carbocycles. The molecule has 1 N–H and O–H groups in total. The molecule has 0 aromatic rings. The molecule has 1 aliphatic heterocycles. The fourth-order valence-electron chi connectivity index (χ4n) is 5.67. The summed E-state index contributed by atoms with van der Waals surface area (Å²) in [5.74, 6) is 1.80. The van der Waals surface area contributed by atoms with Gasteiger partial charge in [-0.1, -0.05) is 27.2 Å². The second kappa shape index (κ2) is 5.57. The first-order chi connectivity index (χ1) is 9.91. The Morgan fingerprint density at radius 3 is 2.81 bits per heavy atom. The van der Waals surface area contributed by atoms with Gasteiger partial charge in [0.15, 0.2) is 0 Å². The summed E-state index contributed by atoms with van der Waals surface area (Å²) in [6.45, 7) is 6.70. The van der Waals surface area contributed by atoms with Gasteiger partial charge in [0.2, 0.25) is 0 Å². The van der Waals surface area contributed by atoms with Crippen molar-refractivity contribution < 1.29 is 14.6 Å². The molecule has 3 aliphatic rings. The zero-order valence-corrected chi connectivity index (χ0v) is 13.7. The van der Waals surface area contributed by atoms with Gasteiger partial charge in [0, 0.05) is 0 Å².